The Morgan fingerprint density at radius 2 is 2.19 bits per heavy atom. The maximum atomic E-state index is 12.1. The SMILES string of the molecule is CCCCC(CC)C(Br)c1ccc2c(c1)C(=O)NCCO2. The number of nitrogens with one attached hydrogen (secondary N) is 1. The Balaban J connectivity index is 2.21. The van der Waals surface area contributed by atoms with Crippen molar-refractivity contribution in [2.24, 2.45) is 5.92 Å². The highest BCUT2D eigenvalue weighted by Crippen LogP contribution is 2.38. The molecule has 21 heavy (non-hydrogen) atoms. The van der Waals surface area contributed by atoms with Gasteiger partial charge in [-0.3, -0.25) is 4.79 Å². The van der Waals surface area contributed by atoms with Crippen LogP contribution in [-0.4, -0.2) is 19.1 Å². The average molecular weight is 354 g/mol. The van der Waals surface area contributed by atoms with E-state index in [-0.39, 0.29) is 10.7 Å². The summed E-state index contributed by atoms with van der Waals surface area (Å²) in [7, 11) is 0. The van der Waals surface area contributed by atoms with Crippen LogP contribution in [0.2, 0.25) is 0 Å². The molecule has 116 valence electrons. The smallest absolute Gasteiger partial charge is 0.255 e. The fourth-order valence-electron chi connectivity index (χ4n) is 2.74. The Morgan fingerprint density at radius 1 is 1.38 bits per heavy atom. The molecule has 0 spiro atoms. The molecule has 1 aliphatic rings. The predicted molar refractivity (Wildman–Crippen MR) is 89.2 cm³/mol. The van der Waals surface area contributed by atoms with Gasteiger partial charge in [0.05, 0.1) is 12.1 Å². The van der Waals surface area contributed by atoms with Crippen LogP contribution in [0.4, 0.5) is 0 Å². The van der Waals surface area contributed by atoms with Crippen LogP contribution in [0.25, 0.3) is 0 Å². The van der Waals surface area contributed by atoms with E-state index in [0.717, 1.165) is 12.0 Å². The number of carbonyl (C=O) groups excluding carboxylic acids is 1. The lowest BCUT2D eigenvalue weighted by atomic mass is 9.91. The second-order valence-electron chi connectivity index (χ2n) is 5.57. The third-order valence-electron chi connectivity index (χ3n) is 4.08. The summed E-state index contributed by atoms with van der Waals surface area (Å²) in [6.45, 7) is 5.55. The van der Waals surface area contributed by atoms with Crippen molar-refractivity contribution in [2.75, 3.05) is 13.2 Å². The first-order valence-corrected chi connectivity index (χ1v) is 8.78. The normalized spacial score (nSPS) is 17.2. The van der Waals surface area contributed by atoms with Crippen LogP contribution >= 0.6 is 15.9 Å². The summed E-state index contributed by atoms with van der Waals surface area (Å²) in [6.07, 6.45) is 4.81. The third-order valence-corrected chi connectivity index (χ3v) is 5.35. The molecule has 0 aliphatic carbocycles. The molecule has 1 amide bonds. The molecule has 4 heteroatoms. The van der Waals surface area contributed by atoms with Gasteiger partial charge in [-0.15, -0.1) is 0 Å². The van der Waals surface area contributed by atoms with Gasteiger partial charge in [0.1, 0.15) is 12.4 Å². The Bertz CT molecular complexity index is 490. The Labute approximate surface area is 135 Å². The molecule has 2 atom stereocenters. The van der Waals surface area contributed by atoms with E-state index in [9.17, 15) is 4.79 Å². The maximum Gasteiger partial charge on any atom is 0.255 e. The van der Waals surface area contributed by atoms with E-state index in [2.05, 4.69) is 41.2 Å². The van der Waals surface area contributed by atoms with E-state index in [1.54, 1.807) is 0 Å². The van der Waals surface area contributed by atoms with E-state index in [1.807, 2.05) is 12.1 Å². The molecule has 0 bridgehead atoms. The molecule has 1 N–H and O–H groups in total. The van der Waals surface area contributed by atoms with Gasteiger partial charge in [-0.2, -0.15) is 0 Å². The van der Waals surface area contributed by atoms with E-state index in [1.165, 1.54) is 19.3 Å². The van der Waals surface area contributed by atoms with Crippen LogP contribution < -0.4 is 10.1 Å². The van der Waals surface area contributed by atoms with E-state index >= 15 is 0 Å². The van der Waals surface area contributed by atoms with Crippen LogP contribution in [0, 0.1) is 5.92 Å². The fourth-order valence-corrected chi connectivity index (χ4v) is 3.66. The minimum atomic E-state index is -0.0364. The lowest BCUT2D eigenvalue weighted by Crippen LogP contribution is -2.24. The third kappa shape index (κ3) is 4.00. The topological polar surface area (TPSA) is 38.3 Å². The number of benzene rings is 1. The van der Waals surface area contributed by atoms with E-state index < -0.39 is 0 Å². The van der Waals surface area contributed by atoms with Crippen molar-refractivity contribution < 1.29 is 9.53 Å². The highest BCUT2D eigenvalue weighted by molar-refractivity contribution is 9.09. The Morgan fingerprint density at radius 3 is 2.90 bits per heavy atom. The highest BCUT2D eigenvalue weighted by Gasteiger charge is 2.22. The molecule has 0 aromatic heterocycles. The summed E-state index contributed by atoms with van der Waals surface area (Å²) >= 11 is 3.84. The Hall–Kier alpha value is -1.03. The van der Waals surface area contributed by atoms with Crippen molar-refractivity contribution in [2.45, 2.75) is 44.4 Å². The van der Waals surface area contributed by atoms with Crippen molar-refractivity contribution in [3.05, 3.63) is 29.3 Å². The van der Waals surface area contributed by atoms with E-state index in [0.29, 0.717) is 30.4 Å². The lowest BCUT2D eigenvalue weighted by Gasteiger charge is -2.22. The van der Waals surface area contributed by atoms with Gasteiger partial charge in [-0.1, -0.05) is 55.1 Å². The Kier molecular flexibility index (Phi) is 6.09. The number of amides is 1. The van der Waals surface area contributed by atoms with Crippen molar-refractivity contribution >= 4 is 21.8 Å². The first-order valence-electron chi connectivity index (χ1n) is 7.86. The van der Waals surface area contributed by atoms with Crippen molar-refractivity contribution in [3.63, 3.8) is 0 Å². The second kappa shape index (κ2) is 7.83. The summed E-state index contributed by atoms with van der Waals surface area (Å²) in [6, 6.07) is 5.98. The predicted octanol–water partition coefficient (Wildman–Crippen LogP) is 4.46. The van der Waals surface area contributed by atoms with Crippen molar-refractivity contribution in [3.8, 4) is 5.75 Å². The molecule has 0 radical (unpaired) electrons. The van der Waals surface area contributed by atoms with Crippen LogP contribution in [0.3, 0.4) is 0 Å². The minimum Gasteiger partial charge on any atom is -0.491 e. The van der Waals surface area contributed by atoms with Gasteiger partial charge in [0.2, 0.25) is 0 Å². The maximum absolute atomic E-state index is 12.1. The first kappa shape index (κ1) is 16.3. The van der Waals surface area contributed by atoms with Crippen LogP contribution in [0.1, 0.15) is 60.3 Å². The molecular weight excluding hydrogens is 330 g/mol. The number of hydrogen-bond donors (Lipinski definition) is 1. The molecule has 1 heterocycles. The van der Waals surface area contributed by atoms with Gasteiger partial charge in [-0.25, -0.2) is 0 Å². The van der Waals surface area contributed by atoms with Crippen LogP contribution in [-0.2, 0) is 0 Å². The summed E-state index contributed by atoms with van der Waals surface area (Å²) in [5.41, 5.74) is 1.82. The summed E-state index contributed by atoms with van der Waals surface area (Å²) in [5, 5.41) is 2.87. The number of halogens is 1. The number of hydrogen-bond acceptors (Lipinski definition) is 2. The average Bonchev–Trinajstić information content (AvgIpc) is 2.69. The monoisotopic (exact) mass is 353 g/mol. The van der Waals surface area contributed by atoms with Crippen LogP contribution in [0.15, 0.2) is 18.2 Å². The molecule has 1 aliphatic heterocycles. The first-order chi connectivity index (χ1) is 10.2. The van der Waals surface area contributed by atoms with Gasteiger partial charge in [0.25, 0.3) is 5.91 Å². The largest absolute Gasteiger partial charge is 0.491 e. The molecule has 2 unspecified atom stereocenters. The molecule has 3 nitrogen and oxygen atoms in total. The van der Waals surface area contributed by atoms with Crippen molar-refractivity contribution in [1.82, 2.24) is 5.32 Å². The summed E-state index contributed by atoms with van der Waals surface area (Å²) in [4.78, 5) is 12.4. The van der Waals surface area contributed by atoms with Gasteiger partial charge in [0, 0.05) is 4.83 Å². The molecule has 0 saturated carbocycles. The zero-order valence-corrected chi connectivity index (χ0v) is 14.4. The molecular formula is C17H24BrNO2. The number of rotatable bonds is 6. The lowest BCUT2D eigenvalue weighted by molar-refractivity contribution is 0.0957. The van der Waals surface area contributed by atoms with Gasteiger partial charge in [0.15, 0.2) is 0 Å². The van der Waals surface area contributed by atoms with Gasteiger partial charge >= 0.3 is 0 Å². The molecule has 0 saturated heterocycles. The number of unbranched alkanes of at least 4 members (excludes halogenated alkanes) is 1. The molecule has 1 aromatic rings. The van der Waals surface area contributed by atoms with E-state index in [4.69, 9.17) is 4.74 Å². The van der Waals surface area contributed by atoms with Crippen molar-refractivity contribution in [1.29, 1.82) is 0 Å². The van der Waals surface area contributed by atoms with Crippen LogP contribution in [0.5, 0.6) is 5.75 Å². The number of carbonyl (C=O) groups is 1. The molecule has 0 fully saturated rings. The molecule has 1 aromatic carbocycles. The van der Waals surface area contributed by atoms with Gasteiger partial charge in [-0.05, 0) is 30.0 Å². The quantitative estimate of drug-likeness (QED) is 0.766. The standard InChI is InChI=1S/C17H24BrNO2/c1-3-5-6-12(4-2)16(18)13-7-8-15-14(11-13)17(20)19-9-10-21-15/h7-8,11-12,16H,3-6,9-10H2,1-2H3,(H,19,20). The minimum absolute atomic E-state index is 0.0364. The zero-order valence-electron chi connectivity index (χ0n) is 12.8. The second-order valence-corrected chi connectivity index (χ2v) is 6.56. The fraction of sp³-hybridized carbons (Fsp3) is 0.588. The summed E-state index contributed by atoms with van der Waals surface area (Å²) < 4.78 is 5.61. The number of alkyl halides is 1. The number of fused-ring (bicyclic) bond motifs is 1. The van der Waals surface area contributed by atoms with Gasteiger partial charge < -0.3 is 10.1 Å². The zero-order chi connectivity index (χ0) is 15.2. The molecule has 2 rings (SSSR count). The number of ether oxygens (including phenoxy) is 1. The summed E-state index contributed by atoms with van der Waals surface area (Å²) in [5.74, 6) is 1.25. The highest BCUT2D eigenvalue weighted by atomic mass is 79.9.